The van der Waals surface area contributed by atoms with E-state index in [0.29, 0.717) is 39.7 Å². The van der Waals surface area contributed by atoms with Gasteiger partial charge in [-0.1, -0.05) is 5.92 Å². The molecular weight excluding hydrogens is 494 g/mol. The quantitative estimate of drug-likeness (QED) is 0.369. The maximum atomic E-state index is 13.6. The van der Waals surface area contributed by atoms with Crippen LogP contribution >= 0.6 is 0 Å². The van der Waals surface area contributed by atoms with Gasteiger partial charge in [0.05, 0.1) is 17.8 Å². The number of aromatic nitrogens is 4. The standard InChI is InChI=1S/C29H27N7O3/c1-18-9-12-31-25(18)8-3-20-13-21-14-32-29(34-22-4-6-23(7-5-22)39-24-10-11-30-15-24)35-27(21)36(28(20)37)16-26-19(2)33-17-38-26/h4-7,12-14,17,24,30H,9-11,15-16H2,1-2H3,(H,32,34,35). The van der Waals surface area contributed by atoms with Gasteiger partial charge in [-0.2, -0.15) is 4.98 Å². The highest BCUT2D eigenvalue weighted by atomic mass is 16.5. The van der Waals surface area contributed by atoms with Gasteiger partial charge in [0.15, 0.2) is 6.39 Å². The van der Waals surface area contributed by atoms with Gasteiger partial charge in [0.1, 0.15) is 29.0 Å². The minimum Gasteiger partial charge on any atom is -0.489 e. The van der Waals surface area contributed by atoms with Crippen LogP contribution in [0.5, 0.6) is 5.75 Å². The molecule has 5 heterocycles. The zero-order valence-corrected chi connectivity index (χ0v) is 21.7. The minimum absolute atomic E-state index is 0.162. The Hall–Kier alpha value is -4.75. The van der Waals surface area contributed by atoms with Gasteiger partial charge in [0, 0.05) is 36.5 Å². The highest BCUT2D eigenvalue weighted by molar-refractivity contribution is 5.78. The lowest BCUT2D eigenvalue weighted by atomic mass is 10.2. The summed E-state index contributed by atoms with van der Waals surface area (Å²) in [5.74, 6) is 7.79. The molecule has 39 heavy (non-hydrogen) atoms. The second kappa shape index (κ2) is 10.6. The second-order valence-electron chi connectivity index (χ2n) is 9.56. The van der Waals surface area contributed by atoms with Crippen LogP contribution in [0.3, 0.4) is 0 Å². The first-order valence-corrected chi connectivity index (χ1v) is 12.8. The second-order valence-corrected chi connectivity index (χ2v) is 9.56. The number of hydrogen-bond acceptors (Lipinski definition) is 9. The summed E-state index contributed by atoms with van der Waals surface area (Å²) in [6.45, 7) is 5.82. The zero-order valence-electron chi connectivity index (χ0n) is 21.7. The highest BCUT2D eigenvalue weighted by Gasteiger charge is 2.17. The fraction of sp³-hybridized carbons (Fsp3) is 0.276. The Balaban J connectivity index is 1.33. The number of rotatable bonds is 6. The third kappa shape index (κ3) is 5.30. The van der Waals surface area contributed by atoms with Gasteiger partial charge in [-0.3, -0.25) is 14.4 Å². The average Bonchev–Trinajstić information content (AvgIpc) is 3.70. The molecule has 0 amide bonds. The van der Waals surface area contributed by atoms with Crippen LogP contribution in [0.1, 0.15) is 36.8 Å². The molecule has 10 nitrogen and oxygen atoms in total. The van der Waals surface area contributed by atoms with Crippen LogP contribution in [0.15, 0.2) is 68.4 Å². The topological polar surface area (TPSA) is 119 Å². The minimum atomic E-state index is -0.279. The molecule has 196 valence electrons. The Morgan fingerprint density at radius 1 is 1.21 bits per heavy atom. The number of benzene rings is 1. The van der Waals surface area contributed by atoms with E-state index in [1.165, 1.54) is 6.39 Å². The number of nitrogens with one attached hydrogen (secondary N) is 2. The summed E-state index contributed by atoms with van der Waals surface area (Å²) in [7, 11) is 0. The summed E-state index contributed by atoms with van der Waals surface area (Å²) in [6, 6.07) is 9.38. The summed E-state index contributed by atoms with van der Waals surface area (Å²) in [6.07, 6.45) is 6.84. The average molecular weight is 522 g/mol. The Bertz CT molecular complexity index is 1720. The summed E-state index contributed by atoms with van der Waals surface area (Å²) in [5, 5.41) is 7.20. The Morgan fingerprint density at radius 2 is 2.08 bits per heavy atom. The third-order valence-electron chi connectivity index (χ3n) is 6.74. The van der Waals surface area contributed by atoms with Crippen molar-refractivity contribution in [2.75, 3.05) is 18.4 Å². The number of hydrogen-bond donors (Lipinski definition) is 2. The van der Waals surface area contributed by atoms with E-state index in [0.717, 1.165) is 42.9 Å². The zero-order chi connectivity index (χ0) is 26.8. The number of ether oxygens (including phenoxy) is 1. The molecule has 1 unspecified atom stereocenters. The Morgan fingerprint density at radius 3 is 2.79 bits per heavy atom. The molecule has 1 saturated heterocycles. The molecule has 0 saturated carbocycles. The first kappa shape index (κ1) is 24.6. The summed E-state index contributed by atoms with van der Waals surface area (Å²) in [4.78, 5) is 31.3. The molecule has 2 N–H and O–H groups in total. The fourth-order valence-electron chi connectivity index (χ4n) is 4.49. The van der Waals surface area contributed by atoms with Crippen molar-refractivity contribution in [3.63, 3.8) is 0 Å². The Labute approximate surface area is 224 Å². The first-order valence-electron chi connectivity index (χ1n) is 12.8. The van der Waals surface area contributed by atoms with E-state index >= 15 is 0 Å². The van der Waals surface area contributed by atoms with Gasteiger partial charge in [-0.05, 0) is 68.6 Å². The lowest BCUT2D eigenvalue weighted by Gasteiger charge is -2.13. The molecule has 10 heteroatoms. The molecule has 0 radical (unpaired) electrons. The van der Waals surface area contributed by atoms with Crippen molar-refractivity contribution >= 4 is 28.9 Å². The normalized spacial score (nSPS) is 16.5. The highest BCUT2D eigenvalue weighted by Crippen LogP contribution is 2.22. The molecule has 0 spiro atoms. The van der Waals surface area contributed by atoms with Gasteiger partial charge in [-0.15, -0.1) is 0 Å². The third-order valence-corrected chi connectivity index (χ3v) is 6.74. The van der Waals surface area contributed by atoms with Crippen LogP contribution in [0.4, 0.5) is 11.6 Å². The monoisotopic (exact) mass is 521 g/mol. The van der Waals surface area contributed by atoms with E-state index in [2.05, 4.69) is 37.4 Å². The molecule has 1 atom stereocenters. The fourth-order valence-corrected chi connectivity index (χ4v) is 4.49. The van der Waals surface area contributed by atoms with Crippen LogP contribution in [0, 0.1) is 18.8 Å². The summed E-state index contributed by atoms with van der Waals surface area (Å²) < 4.78 is 13.1. The first-order chi connectivity index (χ1) is 19.0. The SMILES string of the molecule is CC1=C(C#Cc2cc3cnc(Nc4ccc(OC5CCNC5)cc4)nc3n(Cc3ocnc3C)c2=O)N=CC1. The molecule has 0 bridgehead atoms. The maximum Gasteiger partial charge on any atom is 0.268 e. The van der Waals surface area contributed by atoms with Gasteiger partial charge in [0.2, 0.25) is 5.95 Å². The molecular formula is C29H27N7O3. The molecule has 3 aromatic heterocycles. The van der Waals surface area contributed by atoms with Crippen molar-refractivity contribution in [3.8, 4) is 17.6 Å². The summed E-state index contributed by atoms with van der Waals surface area (Å²) in [5.41, 5.74) is 3.79. The lowest BCUT2D eigenvalue weighted by molar-refractivity contribution is 0.223. The number of pyridine rings is 1. The van der Waals surface area contributed by atoms with Crippen molar-refractivity contribution < 1.29 is 9.15 Å². The Kier molecular flexibility index (Phi) is 6.65. The molecule has 4 aromatic rings. The number of aliphatic imine (C=N–C) groups is 1. The van der Waals surface area contributed by atoms with E-state index in [9.17, 15) is 4.79 Å². The number of oxazole rings is 1. The summed E-state index contributed by atoms with van der Waals surface area (Å²) >= 11 is 0. The molecule has 2 aliphatic heterocycles. The molecule has 1 fully saturated rings. The molecule has 6 rings (SSSR count). The van der Waals surface area contributed by atoms with Crippen molar-refractivity contribution in [3.05, 3.63) is 81.6 Å². The van der Waals surface area contributed by atoms with Crippen LogP contribution in [-0.4, -0.2) is 44.9 Å². The number of allylic oxidation sites excluding steroid dienone is 2. The maximum absolute atomic E-state index is 13.6. The number of nitrogens with zero attached hydrogens (tertiary/aromatic N) is 5. The van der Waals surface area contributed by atoms with Crippen molar-refractivity contribution in [2.45, 2.75) is 39.3 Å². The molecule has 0 aliphatic carbocycles. The van der Waals surface area contributed by atoms with E-state index in [1.54, 1.807) is 16.8 Å². The van der Waals surface area contributed by atoms with E-state index in [-0.39, 0.29) is 18.2 Å². The van der Waals surface area contributed by atoms with E-state index in [4.69, 9.17) is 14.1 Å². The van der Waals surface area contributed by atoms with Gasteiger partial charge in [-0.25, -0.2) is 9.97 Å². The van der Waals surface area contributed by atoms with Crippen LogP contribution < -0.4 is 20.9 Å². The lowest BCUT2D eigenvalue weighted by Crippen LogP contribution is -2.24. The predicted molar refractivity (Wildman–Crippen MR) is 148 cm³/mol. The van der Waals surface area contributed by atoms with Crippen LogP contribution in [0.2, 0.25) is 0 Å². The number of anilines is 2. The van der Waals surface area contributed by atoms with E-state index in [1.807, 2.05) is 44.3 Å². The van der Waals surface area contributed by atoms with Crippen molar-refractivity contribution in [1.29, 1.82) is 0 Å². The smallest absolute Gasteiger partial charge is 0.268 e. The van der Waals surface area contributed by atoms with Crippen LogP contribution in [0.25, 0.3) is 11.0 Å². The van der Waals surface area contributed by atoms with Gasteiger partial charge < -0.3 is 19.8 Å². The van der Waals surface area contributed by atoms with Gasteiger partial charge in [0.25, 0.3) is 5.56 Å². The number of fused-ring (bicyclic) bond motifs is 1. The van der Waals surface area contributed by atoms with Crippen molar-refractivity contribution in [2.24, 2.45) is 4.99 Å². The largest absolute Gasteiger partial charge is 0.489 e. The van der Waals surface area contributed by atoms with Gasteiger partial charge >= 0.3 is 0 Å². The van der Waals surface area contributed by atoms with E-state index < -0.39 is 0 Å². The molecule has 2 aliphatic rings. The molecule has 1 aromatic carbocycles. The van der Waals surface area contributed by atoms with Crippen molar-refractivity contribution in [1.82, 2.24) is 24.8 Å². The van der Waals surface area contributed by atoms with Crippen LogP contribution in [-0.2, 0) is 6.54 Å². The predicted octanol–water partition coefficient (Wildman–Crippen LogP) is 3.72. The number of aryl methyl sites for hydroxylation is 1.